The van der Waals surface area contributed by atoms with E-state index in [2.05, 4.69) is 0 Å². The quantitative estimate of drug-likeness (QED) is 0.661. The summed E-state index contributed by atoms with van der Waals surface area (Å²) in [6.07, 6.45) is 1.74. The molecule has 2 unspecified atom stereocenters. The number of aliphatic hydroxyl groups is 3. The molecule has 0 aromatic rings. The van der Waals surface area contributed by atoms with Crippen molar-refractivity contribution in [3.63, 3.8) is 0 Å². The van der Waals surface area contributed by atoms with Gasteiger partial charge in [0.15, 0.2) is 5.79 Å². The molecule has 5 nitrogen and oxygen atoms in total. The largest absolute Gasteiger partial charge is 0.394 e. The third kappa shape index (κ3) is 2.63. The minimum atomic E-state index is -1.02. The van der Waals surface area contributed by atoms with Crippen molar-refractivity contribution in [1.82, 2.24) is 0 Å². The summed E-state index contributed by atoms with van der Waals surface area (Å²) in [7, 11) is 0. The van der Waals surface area contributed by atoms with E-state index in [0.717, 1.165) is 25.7 Å². The minimum Gasteiger partial charge on any atom is -0.394 e. The van der Waals surface area contributed by atoms with Gasteiger partial charge in [-0.2, -0.15) is 0 Å². The van der Waals surface area contributed by atoms with Gasteiger partial charge in [-0.15, -0.1) is 0 Å². The Balaban J connectivity index is 2.07. The predicted molar refractivity (Wildman–Crippen MR) is 60.3 cm³/mol. The lowest BCUT2D eigenvalue weighted by molar-refractivity contribution is -0.204. The van der Waals surface area contributed by atoms with E-state index in [1.807, 2.05) is 0 Å². The molecule has 0 amide bonds. The zero-order chi connectivity index (χ0) is 12.5. The Morgan fingerprint density at radius 3 is 2.35 bits per heavy atom. The van der Waals surface area contributed by atoms with E-state index < -0.39 is 30.2 Å². The van der Waals surface area contributed by atoms with Crippen LogP contribution in [0, 0.1) is 0 Å². The maximum Gasteiger partial charge on any atom is 0.169 e. The second-order valence-electron chi connectivity index (χ2n) is 5.12. The molecule has 2 aliphatic rings. The van der Waals surface area contributed by atoms with Gasteiger partial charge in [-0.3, -0.25) is 0 Å². The standard InChI is InChI=1S/C12H22O5/c1-8(14)10(15)11-9(7-13)16-12(17-11)5-3-2-4-6-12/h8-11,13-15H,2-7H2,1H3/t8?,9-,10?,11-/m0/s1. The van der Waals surface area contributed by atoms with Gasteiger partial charge >= 0.3 is 0 Å². The highest BCUT2D eigenvalue weighted by Gasteiger charge is 2.50. The molecule has 17 heavy (non-hydrogen) atoms. The maximum absolute atomic E-state index is 9.88. The molecule has 0 aromatic carbocycles. The molecule has 100 valence electrons. The van der Waals surface area contributed by atoms with E-state index in [-0.39, 0.29) is 6.61 Å². The van der Waals surface area contributed by atoms with Crippen molar-refractivity contribution in [3.8, 4) is 0 Å². The lowest BCUT2D eigenvalue weighted by Gasteiger charge is -2.32. The number of hydrogen-bond donors (Lipinski definition) is 3. The van der Waals surface area contributed by atoms with Crippen LogP contribution in [0.2, 0.25) is 0 Å². The van der Waals surface area contributed by atoms with Crippen LogP contribution in [0.15, 0.2) is 0 Å². The Bertz CT molecular complexity index is 249. The first-order valence-corrected chi connectivity index (χ1v) is 6.40. The molecular weight excluding hydrogens is 224 g/mol. The molecule has 5 heteroatoms. The summed E-state index contributed by atoms with van der Waals surface area (Å²) in [4.78, 5) is 0. The van der Waals surface area contributed by atoms with Gasteiger partial charge in [0, 0.05) is 12.8 Å². The monoisotopic (exact) mass is 246 g/mol. The maximum atomic E-state index is 9.88. The zero-order valence-electron chi connectivity index (χ0n) is 10.2. The van der Waals surface area contributed by atoms with E-state index in [0.29, 0.717) is 0 Å². The Hall–Kier alpha value is -0.200. The molecular formula is C12H22O5. The first-order valence-electron chi connectivity index (χ1n) is 6.40. The average Bonchev–Trinajstić information content (AvgIpc) is 2.67. The second kappa shape index (κ2) is 5.20. The van der Waals surface area contributed by atoms with Crippen molar-refractivity contribution < 1.29 is 24.8 Å². The molecule has 2 fully saturated rings. The van der Waals surface area contributed by atoms with E-state index in [9.17, 15) is 15.3 Å². The Kier molecular flexibility index (Phi) is 4.05. The van der Waals surface area contributed by atoms with E-state index >= 15 is 0 Å². The molecule has 0 aromatic heterocycles. The van der Waals surface area contributed by atoms with Crippen LogP contribution in [-0.2, 0) is 9.47 Å². The van der Waals surface area contributed by atoms with Crippen molar-refractivity contribution >= 4 is 0 Å². The van der Waals surface area contributed by atoms with E-state index in [1.54, 1.807) is 0 Å². The van der Waals surface area contributed by atoms with Crippen molar-refractivity contribution in [2.24, 2.45) is 0 Å². The molecule has 1 saturated heterocycles. The van der Waals surface area contributed by atoms with Crippen LogP contribution < -0.4 is 0 Å². The molecule has 1 heterocycles. The first kappa shape index (κ1) is 13.2. The van der Waals surface area contributed by atoms with Crippen LogP contribution in [0.5, 0.6) is 0 Å². The summed E-state index contributed by atoms with van der Waals surface area (Å²) in [6, 6.07) is 0. The van der Waals surface area contributed by atoms with Crippen molar-refractivity contribution in [3.05, 3.63) is 0 Å². The molecule has 4 atom stereocenters. The SMILES string of the molecule is CC(O)C(O)[C@H]1OC2(CCCCC2)O[C@H]1CO. The van der Waals surface area contributed by atoms with Crippen LogP contribution in [0.3, 0.4) is 0 Å². The van der Waals surface area contributed by atoms with Gasteiger partial charge in [-0.1, -0.05) is 6.42 Å². The highest BCUT2D eigenvalue weighted by Crippen LogP contribution is 2.41. The number of rotatable bonds is 3. The van der Waals surface area contributed by atoms with Gasteiger partial charge in [0.05, 0.1) is 12.7 Å². The smallest absolute Gasteiger partial charge is 0.169 e. The van der Waals surface area contributed by atoms with Gasteiger partial charge < -0.3 is 24.8 Å². The second-order valence-corrected chi connectivity index (χ2v) is 5.12. The lowest BCUT2D eigenvalue weighted by atomic mass is 9.94. The van der Waals surface area contributed by atoms with Gasteiger partial charge in [0.1, 0.15) is 18.3 Å². The number of hydrogen-bond acceptors (Lipinski definition) is 5. The molecule has 1 saturated carbocycles. The van der Waals surface area contributed by atoms with Crippen molar-refractivity contribution in [1.29, 1.82) is 0 Å². The predicted octanol–water partition coefficient (Wildman–Crippen LogP) is 0.165. The molecule has 1 spiro atoms. The zero-order valence-corrected chi connectivity index (χ0v) is 10.2. The topological polar surface area (TPSA) is 79.2 Å². The van der Waals surface area contributed by atoms with E-state index in [4.69, 9.17) is 9.47 Å². The Morgan fingerprint density at radius 1 is 1.18 bits per heavy atom. The fourth-order valence-electron chi connectivity index (χ4n) is 2.73. The Labute approximate surface area is 101 Å². The number of ether oxygens (including phenoxy) is 2. The molecule has 1 aliphatic carbocycles. The fourth-order valence-corrected chi connectivity index (χ4v) is 2.73. The summed E-state index contributed by atoms with van der Waals surface area (Å²) < 4.78 is 11.6. The summed E-state index contributed by atoms with van der Waals surface area (Å²) in [6.45, 7) is 1.31. The molecule has 0 radical (unpaired) electrons. The molecule has 1 aliphatic heterocycles. The third-order valence-electron chi connectivity index (χ3n) is 3.71. The van der Waals surface area contributed by atoms with Gasteiger partial charge in [0.25, 0.3) is 0 Å². The van der Waals surface area contributed by atoms with Crippen LogP contribution >= 0.6 is 0 Å². The van der Waals surface area contributed by atoms with Crippen LogP contribution in [0.25, 0.3) is 0 Å². The van der Waals surface area contributed by atoms with E-state index in [1.165, 1.54) is 13.3 Å². The third-order valence-corrected chi connectivity index (χ3v) is 3.71. The van der Waals surface area contributed by atoms with Crippen molar-refractivity contribution in [2.75, 3.05) is 6.61 Å². The highest BCUT2D eigenvalue weighted by molar-refractivity contribution is 4.92. The van der Waals surface area contributed by atoms with Gasteiger partial charge in [-0.05, 0) is 19.8 Å². The lowest BCUT2D eigenvalue weighted by Crippen LogP contribution is -2.43. The highest BCUT2D eigenvalue weighted by atomic mass is 16.8. The van der Waals surface area contributed by atoms with Gasteiger partial charge in [-0.25, -0.2) is 0 Å². The number of aliphatic hydroxyl groups excluding tert-OH is 3. The van der Waals surface area contributed by atoms with Crippen LogP contribution in [0.4, 0.5) is 0 Å². The van der Waals surface area contributed by atoms with Crippen molar-refractivity contribution in [2.45, 2.75) is 69.2 Å². The summed E-state index contributed by atoms with van der Waals surface area (Å²) in [5.41, 5.74) is 0. The summed E-state index contributed by atoms with van der Waals surface area (Å²) in [5, 5.41) is 28.6. The molecule has 3 N–H and O–H groups in total. The van der Waals surface area contributed by atoms with Crippen LogP contribution in [-0.4, -0.2) is 52.1 Å². The summed E-state index contributed by atoms with van der Waals surface area (Å²) in [5.74, 6) is -0.647. The van der Waals surface area contributed by atoms with Crippen LogP contribution in [0.1, 0.15) is 39.0 Å². The minimum absolute atomic E-state index is 0.198. The fraction of sp³-hybridized carbons (Fsp3) is 1.00. The van der Waals surface area contributed by atoms with Gasteiger partial charge in [0.2, 0.25) is 0 Å². The normalized spacial score (nSPS) is 36.0. The first-order chi connectivity index (χ1) is 8.08. The Morgan fingerprint density at radius 2 is 1.82 bits per heavy atom. The molecule has 0 bridgehead atoms. The summed E-state index contributed by atoms with van der Waals surface area (Å²) >= 11 is 0. The molecule has 2 rings (SSSR count). The average molecular weight is 246 g/mol.